The minimum absolute atomic E-state index is 0.274. The zero-order valence-corrected chi connectivity index (χ0v) is 12.6. The summed E-state index contributed by atoms with van der Waals surface area (Å²) in [5.41, 5.74) is 0.0402. The van der Waals surface area contributed by atoms with E-state index in [1.54, 1.807) is 6.07 Å². The number of benzene rings is 1. The summed E-state index contributed by atoms with van der Waals surface area (Å²) in [6, 6.07) is 4.23. The van der Waals surface area contributed by atoms with Gasteiger partial charge in [-0.3, -0.25) is 10.1 Å². The molecule has 0 spiro atoms. The third-order valence-electron chi connectivity index (χ3n) is 3.19. The van der Waals surface area contributed by atoms with Crippen molar-refractivity contribution in [3.05, 3.63) is 33.9 Å². The molecule has 21 heavy (non-hydrogen) atoms. The van der Waals surface area contributed by atoms with Crippen molar-refractivity contribution in [2.24, 2.45) is 0 Å². The second-order valence-electron chi connectivity index (χ2n) is 5.00. The van der Waals surface area contributed by atoms with Crippen LogP contribution in [0.1, 0.15) is 23.7 Å². The van der Waals surface area contributed by atoms with Gasteiger partial charge in [-0.15, -0.1) is 0 Å². The summed E-state index contributed by atoms with van der Waals surface area (Å²) in [4.78, 5) is 25.4. The van der Waals surface area contributed by atoms with Crippen molar-refractivity contribution in [2.75, 3.05) is 38.6 Å². The second-order valence-corrected chi connectivity index (χ2v) is 5.00. The van der Waals surface area contributed by atoms with Gasteiger partial charge in [0.1, 0.15) is 5.56 Å². The van der Waals surface area contributed by atoms with E-state index in [1.165, 1.54) is 12.1 Å². The van der Waals surface area contributed by atoms with Gasteiger partial charge >= 0.3 is 5.97 Å². The Morgan fingerprint density at radius 1 is 1.33 bits per heavy atom. The molecular formula is C14H21N3O4. The van der Waals surface area contributed by atoms with E-state index in [0.29, 0.717) is 12.2 Å². The first-order valence-corrected chi connectivity index (χ1v) is 6.78. The van der Waals surface area contributed by atoms with Crippen LogP contribution in [0.4, 0.5) is 11.4 Å². The van der Waals surface area contributed by atoms with E-state index in [1.807, 2.05) is 25.9 Å². The Kier molecular flexibility index (Phi) is 6.10. The van der Waals surface area contributed by atoms with E-state index < -0.39 is 10.9 Å². The topological polar surface area (TPSA) is 86.9 Å². The lowest BCUT2D eigenvalue weighted by Crippen LogP contribution is -2.27. The van der Waals surface area contributed by atoms with Gasteiger partial charge in [-0.05, 0) is 46.1 Å². The SMILES string of the molecule is CCN(CCCN(C)C)c1ccc([N+](=O)[O-])c(C(=O)O)c1. The fraction of sp³-hybridized carbons (Fsp3) is 0.500. The highest BCUT2D eigenvalue weighted by Gasteiger charge is 2.21. The van der Waals surface area contributed by atoms with Crippen molar-refractivity contribution in [3.63, 3.8) is 0 Å². The molecule has 1 rings (SSSR count). The van der Waals surface area contributed by atoms with Crippen LogP contribution < -0.4 is 4.90 Å². The molecule has 0 unspecified atom stereocenters. The number of hydrogen-bond donors (Lipinski definition) is 1. The van der Waals surface area contributed by atoms with E-state index >= 15 is 0 Å². The molecule has 0 radical (unpaired) electrons. The van der Waals surface area contributed by atoms with Crippen molar-refractivity contribution in [1.29, 1.82) is 0 Å². The van der Waals surface area contributed by atoms with Crippen LogP contribution in [-0.2, 0) is 0 Å². The Morgan fingerprint density at radius 2 is 2.00 bits per heavy atom. The number of anilines is 1. The number of carboxylic acids is 1. The number of carbonyl (C=O) groups is 1. The highest BCUT2D eigenvalue weighted by atomic mass is 16.6. The van der Waals surface area contributed by atoms with Gasteiger partial charge in [0.2, 0.25) is 0 Å². The van der Waals surface area contributed by atoms with E-state index in [2.05, 4.69) is 4.90 Å². The van der Waals surface area contributed by atoms with Gasteiger partial charge in [-0.1, -0.05) is 0 Å². The maximum atomic E-state index is 11.2. The summed E-state index contributed by atoms with van der Waals surface area (Å²) in [5.74, 6) is -1.28. The van der Waals surface area contributed by atoms with Gasteiger partial charge in [0.15, 0.2) is 0 Å². The quantitative estimate of drug-likeness (QED) is 0.583. The largest absolute Gasteiger partial charge is 0.477 e. The molecule has 0 fully saturated rings. The summed E-state index contributed by atoms with van der Waals surface area (Å²) in [6.45, 7) is 4.38. The summed E-state index contributed by atoms with van der Waals surface area (Å²) in [6.07, 6.45) is 0.931. The van der Waals surface area contributed by atoms with E-state index in [0.717, 1.165) is 19.5 Å². The Hall–Kier alpha value is -2.15. The van der Waals surface area contributed by atoms with Gasteiger partial charge in [-0.2, -0.15) is 0 Å². The van der Waals surface area contributed by atoms with E-state index in [4.69, 9.17) is 5.11 Å². The standard InChI is InChI=1S/C14H21N3O4/c1-4-16(9-5-8-15(2)3)11-6-7-13(17(20)21)12(10-11)14(18)19/h6-7,10H,4-5,8-9H2,1-3H3,(H,18,19). The molecule has 0 aliphatic rings. The lowest BCUT2D eigenvalue weighted by molar-refractivity contribution is -0.385. The molecule has 1 aromatic carbocycles. The lowest BCUT2D eigenvalue weighted by Gasteiger charge is -2.24. The lowest BCUT2D eigenvalue weighted by atomic mass is 10.1. The highest BCUT2D eigenvalue weighted by Crippen LogP contribution is 2.25. The van der Waals surface area contributed by atoms with E-state index in [-0.39, 0.29) is 11.3 Å². The Balaban J connectivity index is 2.97. The molecular weight excluding hydrogens is 274 g/mol. The van der Waals surface area contributed by atoms with Crippen molar-refractivity contribution in [2.45, 2.75) is 13.3 Å². The molecule has 0 bridgehead atoms. The molecule has 0 saturated carbocycles. The summed E-state index contributed by atoms with van der Waals surface area (Å²) < 4.78 is 0. The predicted octanol–water partition coefficient (Wildman–Crippen LogP) is 2.07. The maximum absolute atomic E-state index is 11.2. The zero-order valence-electron chi connectivity index (χ0n) is 12.6. The molecule has 1 aromatic rings. The molecule has 7 nitrogen and oxygen atoms in total. The zero-order chi connectivity index (χ0) is 16.0. The molecule has 0 amide bonds. The fourth-order valence-electron chi connectivity index (χ4n) is 2.10. The van der Waals surface area contributed by atoms with Crippen molar-refractivity contribution in [3.8, 4) is 0 Å². The van der Waals surface area contributed by atoms with Gasteiger partial charge in [0, 0.05) is 24.8 Å². The fourth-order valence-corrected chi connectivity index (χ4v) is 2.10. The average molecular weight is 295 g/mol. The van der Waals surface area contributed by atoms with Crippen LogP contribution in [0.3, 0.4) is 0 Å². The molecule has 0 aromatic heterocycles. The molecule has 0 saturated heterocycles. The molecule has 1 N–H and O–H groups in total. The van der Waals surface area contributed by atoms with Crippen molar-refractivity contribution in [1.82, 2.24) is 4.90 Å². The van der Waals surface area contributed by atoms with Crippen LogP contribution >= 0.6 is 0 Å². The Bertz CT molecular complexity index is 517. The molecule has 116 valence electrons. The van der Waals surface area contributed by atoms with Crippen LogP contribution in [0, 0.1) is 10.1 Å². The normalized spacial score (nSPS) is 10.7. The second kappa shape index (κ2) is 7.58. The van der Waals surface area contributed by atoms with Crippen molar-refractivity contribution < 1.29 is 14.8 Å². The van der Waals surface area contributed by atoms with Crippen LogP contribution in [0.5, 0.6) is 0 Å². The number of carboxylic acid groups (broad SMARTS) is 1. The predicted molar refractivity (Wildman–Crippen MR) is 81.1 cm³/mol. The number of nitro groups is 1. The monoisotopic (exact) mass is 295 g/mol. The molecule has 0 aliphatic heterocycles. The Labute approximate surface area is 123 Å². The third kappa shape index (κ3) is 4.71. The summed E-state index contributed by atoms with van der Waals surface area (Å²) >= 11 is 0. The molecule has 7 heteroatoms. The smallest absolute Gasteiger partial charge is 0.342 e. The van der Waals surface area contributed by atoms with Gasteiger partial charge in [0.05, 0.1) is 4.92 Å². The maximum Gasteiger partial charge on any atom is 0.342 e. The first kappa shape index (κ1) is 16.9. The number of nitrogens with zero attached hydrogens (tertiary/aromatic N) is 3. The van der Waals surface area contributed by atoms with Gasteiger partial charge in [-0.25, -0.2) is 4.79 Å². The number of rotatable bonds is 8. The summed E-state index contributed by atoms with van der Waals surface area (Å²) in [7, 11) is 3.98. The van der Waals surface area contributed by atoms with Gasteiger partial charge in [0.25, 0.3) is 5.69 Å². The third-order valence-corrected chi connectivity index (χ3v) is 3.19. The molecule has 0 heterocycles. The number of nitro benzene ring substituents is 1. The molecule has 0 aliphatic carbocycles. The number of hydrogen-bond acceptors (Lipinski definition) is 5. The minimum atomic E-state index is -1.28. The first-order valence-electron chi connectivity index (χ1n) is 6.78. The van der Waals surface area contributed by atoms with Crippen LogP contribution in [-0.4, -0.2) is 54.6 Å². The summed E-state index contributed by atoms with van der Waals surface area (Å²) in [5, 5.41) is 20.0. The number of aromatic carboxylic acids is 1. The van der Waals surface area contributed by atoms with Crippen LogP contribution in [0.15, 0.2) is 18.2 Å². The van der Waals surface area contributed by atoms with E-state index in [9.17, 15) is 14.9 Å². The van der Waals surface area contributed by atoms with Gasteiger partial charge < -0.3 is 14.9 Å². The molecule has 0 atom stereocenters. The van der Waals surface area contributed by atoms with Crippen LogP contribution in [0.2, 0.25) is 0 Å². The highest BCUT2D eigenvalue weighted by molar-refractivity contribution is 5.93. The first-order chi connectivity index (χ1) is 9.86. The average Bonchev–Trinajstić information content (AvgIpc) is 2.42. The Morgan fingerprint density at radius 3 is 2.48 bits per heavy atom. The minimum Gasteiger partial charge on any atom is -0.477 e. The van der Waals surface area contributed by atoms with Crippen molar-refractivity contribution >= 4 is 17.3 Å². The van der Waals surface area contributed by atoms with Crippen LogP contribution in [0.25, 0.3) is 0 Å².